The van der Waals surface area contributed by atoms with Gasteiger partial charge >= 0.3 is 0 Å². The first kappa shape index (κ1) is 23.4. The van der Waals surface area contributed by atoms with Crippen LogP contribution in [0.5, 0.6) is 11.5 Å². The summed E-state index contributed by atoms with van der Waals surface area (Å²) in [7, 11) is 3.28. The van der Waals surface area contributed by atoms with Crippen molar-refractivity contribution in [3.8, 4) is 34.0 Å². The number of aromatic nitrogens is 3. The molecule has 0 spiro atoms. The van der Waals surface area contributed by atoms with E-state index >= 15 is 0 Å². The van der Waals surface area contributed by atoms with Gasteiger partial charge < -0.3 is 19.8 Å². The lowest BCUT2D eigenvalue weighted by Gasteiger charge is -2.10. The molecule has 0 fully saturated rings. The van der Waals surface area contributed by atoms with E-state index < -0.39 is 0 Å². The number of rotatable bonds is 8. The summed E-state index contributed by atoms with van der Waals surface area (Å²) < 4.78 is 10.6. The molecule has 1 atom stereocenters. The summed E-state index contributed by atoms with van der Waals surface area (Å²) >= 11 is 1.36. The molecule has 1 unspecified atom stereocenters. The van der Waals surface area contributed by atoms with Crippen molar-refractivity contribution in [2.45, 2.75) is 24.3 Å². The highest BCUT2D eigenvalue weighted by atomic mass is 32.2. The average Bonchev–Trinajstić information content (AvgIpc) is 3.27. The predicted octanol–water partition coefficient (Wildman–Crippen LogP) is 5.58. The van der Waals surface area contributed by atoms with Crippen LogP contribution < -0.4 is 14.8 Å². The standard InChI is InChI=1S/C26H26N4O3S/c1-16-13-14-27-22(15-16)28-25(31)17(2)34-26-29-23(18-5-9-20(32-3)10-6-18)24(30-26)19-7-11-21(33-4)12-8-19/h5-15,17H,1-4H3,(H,29,30)(H,27,28,31). The molecular weight excluding hydrogens is 448 g/mol. The number of nitrogens with zero attached hydrogens (tertiary/aromatic N) is 2. The molecule has 174 valence electrons. The van der Waals surface area contributed by atoms with Gasteiger partial charge in [-0.15, -0.1) is 0 Å². The van der Waals surface area contributed by atoms with Gasteiger partial charge in [-0.1, -0.05) is 11.8 Å². The van der Waals surface area contributed by atoms with Crippen LogP contribution in [-0.4, -0.2) is 40.3 Å². The number of amides is 1. The molecule has 0 aliphatic carbocycles. The summed E-state index contributed by atoms with van der Waals surface area (Å²) in [6, 6.07) is 19.2. The number of carbonyl (C=O) groups is 1. The van der Waals surface area contributed by atoms with Gasteiger partial charge in [-0.05, 0) is 80.1 Å². The average molecular weight is 475 g/mol. The van der Waals surface area contributed by atoms with Crippen molar-refractivity contribution in [2.24, 2.45) is 0 Å². The van der Waals surface area contributed by atoms with E-state index in [0.29, 0.717) is 11.0 Å². The first-order chi connectivity index (χ1) is 16.5. The van der Waals surface area contributed by atoms with Crippen LogP contribution in [0.3, 0.4) is 0 Å². The largest absolute Gasteiger partial charge is 0.497 e. The number of carbonyl (C=O) groups excluding carboxylic acids is 1. The number of ether oxygens (including phenoxy) is 2. The Morgan fingerprint density at radius 2 is 1.59 bits per heavy atom. The van der Waals surface area contributed by atoms with Gasteiger partial charge in [0.25, 0.3) is 0 Å². The van der Waals surface area contributed by atoms with Crippen molar-refractivity contribution in [1.82, 2.24) is 15.0 Å². The van der Waals surface area contributed by atoms with Crippen LogP contribution in [0.4, 0.5) is 5.82 Å². The molecule has 0 aliphatic rings. The molecular formula is C26H26N4O3S. The number of aryl methyl sites for hydroxylation is 1. The molecule has 0 saturated carbocycles. The number of benzene rings is 2. The molecule has 2 aromatic carbocycles. The van der Waals surface area contributed by atoms with Gasteiger partial charge in [0.15, 0.2) is 5.16 Å². The van der Waals surface area contributed by atoms with Crippen LogP contribution in [0.15, 0.2) is 72.0 Å². The Kier molecular flexibility index (Phi) is 7.18. The number of imidazole rings is 1. The van der Waals surface area contributed by atoms with E-state index in [4.69, 9.17) is 14.5 Å². The van der Waals surface area contributed by atoms with Crippen molar-refractivity contribution < 1.29 is 14.3 Å². The third-order valence-corrected chi connectivity index (χ3v) is 6.23. The Morgan fingerprint density at radius 3 is 2.18 bits per heavy atom. The van der Waals surface area contributed by atoms with Crippen LogP contribution in [0.2, 0.25) is 0 Å². The van der Waals surface area contributed by atoms with E-state index in [2.05, 4.69) is 15.3 Å². The van der Waals surface area contributed by atoms with Gasteiger partial charge in [-0.25, -0.2) is 9.97 Å². The molecule has 8 heteroatoms. The second kappa shape index (κ2) is 10.4. The summed E-state index contributed by atoms with van der Waals surface area (Å²) in [5.41, 5.74) is 4.60. The van der Waals surface area contributed by atoms with E-state index in [1.54, 1.807) is 20.4 Å². The highest BCUT2D eigenvalue weighted by molar-refractivity contribution is 8.00. The van der Waals surface area contributed by atoms with Crippen molar-refractivity contribution in [2.75, 3.05) is 19.5 Å². The zero-order valence-corrected chi connectivity index (χ0v) is 20.3. The zero-order chi connectivity index (χ0) is 24.1. The van der Waals surface area contributed by atoms with Gasteiger partial charge in [-0.3, -0.25) is 4.79 Å². The molecule has 0 aliphatic heterocycles. The molecule has 2 heterocycles. The monoisotopic (exact) mass is 474 g/mol. The SMILES string of the molecule is COc1ccc(-c2nc(SC(C)C(=O)Nc3cc(C)ccn3)[nH]c2-c2ccc(OC)cc2)cc1. The van der Waals surface area contributed by atoms with Crippen molar-refractivity contribution in [3.63, 3.8) is 0 Å². The molecule has 4 rings (SSSR count). The highest BCUT2D eigenvalue weighted by Gasteiger charge is 2.20. The fourth-order valence-electron chi connectivity index (χ4n) is 3.39. The topological polar surface area (TPSA) is 89.1 Å². The summed E-state index contributed by atoms with van der Waals surface area (Å²) in [5, 5.41) is 3.13. The molecule has 2 N–H and O–H groups in total. The third-order valence-electron chi connectivity index (χ3n) is 5.25. The van der Waals surface area contributed by atoms with Gasteiger partial charge in [0.1, 0.15) is 17.3 Å². The van der Waals surface area contributed by atoms with Crippen LogP contribution >= 0.6 is 11.8 Å². The number of anilines is 1. The molecule has 4 aromatic rings. The molecule has 1 amide bonds. The Bertz CT molecular complexity index is 1210. The lowest BCUT2D eigenvalue weighted by atomic mass is 10.0. The maximum Gasteiger partial charge on any atom is 0.238 e. The fraction of sp³-hybridized carbons (Fsp3) is 0.192. The Hall–Kier alpha value is -3.78. The highest BCUT2D eigenvalue weighted by Crippen LogP contribution is 2.35. The Morgan fingerprint density at radius 1 is 0.971 bits per heavy atom. The number of H-pyrrole nitrogens is 1. The summed E-state index contributed by atoms with van der Waals surface area (Å²) in [4.78, 5) is 25.2. The minimum atomic E-state index is -0.388. The first-order valence-electron chi connectivity index (χ1n) is 10.8. The third kappa shape index (κ3) is 5.40. The van der Waals surface area contributed by atoms with Gasteiger partial charge in [0.05, 0.1) is 30.9 Å². The van der Waals surface area contributed by atoms with E-state index in [0.717, 1.165) is 39.6 Å². The fourth-order valence-corrected chi connectivity index (χ4v) is 4.19. The predicted molar refractivity (Wildman–Crippen MR) is 135 cm³/mol. The molecule has 0 bridgehead atoms. The smallest absolute Gasteiger partial charge is 0.238 e. The van der Waals surface area contributed by atoms with Crippen LogP contribution in [-0.2, 0) is 4.79 Å². The van der Waals surface area contributed by atoms with E-state index in [9.17, 15) is 4.79 Å². The number of hydrogen-bond donors (Lipinski definition) is 2. The lowest BCUT2D eigenvalue weighted by molar-refractivity contribution is -0.115. The van der Waals surface area contributed by atoms with Gasteiger partial charge in [0.2, 0.25) is 5.91 Å². The molecule has 0 saturated heterocycles. The molecule has 34 heavy (non-hydrogen) atoms. The van der Waals surface area contributed by atoms with Gasteiger partial charge in [0, 0.05) is 17.3 Å². The number of nitrogens with one attached hydrogen (secondary N) is 2. The second-order valence-corrected chi connectivity index (χ2v) is 9.02. The van der Waals surface area contributed by atoms with Crippen LogP contribution in [0, 0.1) is 6.92 Å². The van der Waals surface area contributed by atoms with Gasteiger partial charge in [-0.2, -0.15) is 0 Å². The Balaban J connectivity index is 1.61. The second-order valence-electron chi connectivity index (χ2n) is 7.69. The number of thioether (sulfide) groups is 1. The number of aromatic amines is 1. The number of hydrogen-bond acceptors (Lipinski definition) is 6. The first-order valence-corrected chi connectivity index (χ1v) is 11.6. The molecule has 0 radical (unpaired) electrons. The van der Waals surface area contributed by atoms with Crippen molar-refractivity contribution >= 4 is 23.5 Å². The van der Waals surface area contributed by atoms with E-state index in [1.807, 2.05) is 74.5 Å². The Labute approximate surface area is 203 Å². The summed E-state index contributed by atoms with van der Waals surface area (Å²) in [6.45, 7) is 3.80. The minimum absolute atomic E-state index is 0.142. The quantitative estimate of drug-likeness (QED) is 0.324. The van der Waals surface area contributed by atoms with Crippen molar-refractivity contribution in [1.29, 1.82) is 0 Å². The number of methoxy groups -OCH3 is 2. The normalized spacial score (nSPS) is 11.6. The maximum absolute atomic E-state index is 12.8. The minimum Gasteiger partial charge on any atom is -0.497 e. The zero-order valence-electron chi connectivity index (χ0n) is 19.5. The van der Waals surface area contributed by atoms with E-state index in [-0.39, 0.29) is 11.2 Å². The van der Waals surface area contributed by atoms with Crippen molar-refractivity contribution in [3.05, 3.63) is 72.4 Å². The number of pyridine rings is 1. The van der Waals surface area contributed by atoms with Crippen LogP contribution in [0.25, 0.3) is 22.5 Å². The summed E-state index contributed by atoms with van der Waals surface area (Å²) in [5.74, 6) is 1.94. The molecule has 7 nitrogen and oxygen atoms in total. The molecule has 2 aromatic heterocycles. The maximum atomic E-state index is 12.8. The van der Waals surface area contributed by atoms with E-state index in [1.165, 1.54) is 11.8 Å². The lowest BCUT2D eigenvalue weighted by Crippen LogP contribution is -2.23. The van der Waals surface area contributed by atoms with Crippen LogP contribution in [0.1, 0.15) is 12.5 Å². The summed E-state index contributed by atoms with van der Waals surface area (Å²) in [6.07, 6.45) is 1.68.